The lowest BCUT2D eigenvalue weighted by Gasteiger charge is -2.18. The quantitative estimate of drug-likeness (QED) is 0.469. The number of aliphatic hydroxyl groups excluding tert-OH is 1. The second-order valence-corrected chi connectivity index (χ2v) is 8.90. The van der Waals surface area contributed by atoms with Crippen LogP contribution in [0.5, 0.6) is 11.5 Å². The van der Waals surface area contributed by atoms with Crippen LogP contribution >= 0.6 is 11.3 Å². The number of nitrogens with zero attached hydrogens (tertiary/aromatic N) is 3. The molecule has 170 valence electrons. The predicted molar refractivity (Wildman–Crippen MR) is 122 cm³/mol. The van der Waals surface area contributed by atoms with Crippen LogP contribution in [0.4, 0.5) is 9.18 Å². The van der Waals surface area contributed by atoms with Gasteiger partial charge in [-0.2, -0.15) is 0 Å². The highest BCUT2D eigenvalue weighted by molar-refractivity contribution is 7.21. The molecule has 5 rings (SSSR count). The Hall–Kier alpha value is -3.50. The second-order valence-electron chi connectivity index (χ2n) is 7.84. The van der Waals surface area contributed by atoms with Gasteiger partial charge in [0.2, 0.25) is 0 Å². The minimum atomic E-state index is -0.780. The van der Waals surface area contributed by atoms with Gasteiger partial charge in [-0.05, 0) is 44.0 Å². The number of benzene rings is 1. The van der Waals surface area contributed by atoms with Crippen LogP contribution in [-0.4, -0.2) is 51.3 Å². The fourth-order valence-corrected chi connectivity index (χ4v) is 5.19. The summed E-state index contributed by atoms with van der Waals surface area (Å²) >= 11 is 1.19. The standard InChI is InChI=1S/C23H21FN4O4S/c1-12-10-13-15(28(12)23(31)25-2)5-6-16(20(13)24)32-17-7-8-26-14-11-18(33-21(14)17)22(30)27-9-3-4-19(27)29/h5-8,10-11,19,29H,3-4,9H2,1-2H3,(H,25,31). The number of nitrogens with one attached hydrogen (secondary N) is 1. The van der Waals surface area contributed by atoms with Gasteiger partial charge in [-0.1, -0.05) is 0 Å². The van der Waals surface area contributed by atoms with E-state index in [9.17, 15) is 14.7 Å². The molecule has 0 saturated carbocycles. The molecule has 10 heteroatoms. The van der Waals surface area contributed by atoms with E-state index in [2.05, 4.69) is 10.3 Å². The Morgan fingerprint density at radius 2 is 2.09 bits per heavy atom. The lowest BCUT2D eigenvalue weighted by molar-refractivity contribution is 0.0297. The van der Waals surface area contributed by atoms with Gasteiger partial charge in [0.05, 0.1) is 20.6 Å². The molecule has 4 aromatic rings. The number of fused-ring (bicyclic) bond motifs is 2. The average molecular weight is 469 g/mol. The zero-order valence-corrected chi connectivity index (χ0v) is 18.8. The minimum absolute atomic E-state index is 0.000276. The Labute approximate surface area is 192 Å². The number of ether oxygens (including phenoxy) is 1. The van der Waals surface area contributed by atoms with Crippen molar-refractivity contribution in [1.29, 1.82) is 0 Å². The lowest BCUT2D eigenvalue weighted by Crippen LogP contribution is -2.34. The number of aryl methyl sites for hydroxylation is 1. The molecule has 33 heavy (non-hydrogen) atoms. The van der Waals surface area contributed by atoms with E-state index in [1.807, 2.05) is 0 Å². The molecule has 2 amide bonds. The van der Waals surface area contributed by atoms with Gasteiger partial charge in [0.1, 0.15) is 12.0 Å². The minimum Gasteiger partial charge on any atom is -0.453 e. The molecule has 3 aromatic heterocycles. The van der Waals surface area contributed by atoms with Crippen LogP contribution in [0.2, 0.25) is 0 Å². The Balaban J connectivity index is 1.51. The Morgan fingerprint density at radius 3 is 2.82 bits per heavy atom. The number of carbonyl (C=O) groups is 2. The molecule has 1 atom stereocenters. The summed E-state index contributed by atoms with van der Waals surface area (Å²) in [6.45, 7) is 2.23. The van der Waals surface area contributed by atoms with Crippen molar-refractivity contribution in [1.82, 2.24) is 19.8 Å². The highest BCUT2D eigenvalue weighted by Gasteiger charge is 2.29. The number of halogens is 1. The molecule has 1 saturated heterocycles. The van der Waals surface area contributed by atoms with Crippen molar-refractivity contribution in [3.8, 4) is 11.5 Å². The third-order valence-corrected chi connectivity index (χ3v) is 6.90. The molecule has 2 N–H and O–H groups in total. The number of thiophene rings is 1. The zero-order chi connectivity index (χ0) is 23.3. The lowest BCUT2D eigenvalue weighted by atomic mass is 10.2. The van der Waals surface area contributed by atoms with E-state index in [4.69, 9.17) is 4.74 Å². The molecule has 1 fully saturated rings. The smallest absolute Gasteiger partial charge is 0.325 e. The van der Waals surface area contributed by atoms with Crippen molar-refractivity contribution in [2.75, 3.05) is 13.6 Å². The summed E-state index contributed by atoms with van der Waals surface area (Å²) in [6.07, 6.45) is 2.07. The van der Waals surface area contributed by atoms with E-state index in [0.717, 1.165) is 6.42 Å². The van der Waals surface area contributed by atoms with Crippen LogP contribution in [0.3, 0.4) is 0 Å². The third kappa shape index (κ3) is 3.51. The topological polar surface area (TPSA) is 96.7 Å². The van der Waals surface area contributed by atoms with Gasteiger partial charge in [-0.15, -0.1) is 11.3 Å². The molecule has 0 radical (unpaired) electrons. The van der Waals surface area contributed by atoms with Crippen LogP contribution in [0, 0.1) is 12.7 Å². The summed E-state index contributed by atoms with van der Waals surface area (Å²) in [7, 11) is 1.51. The van der Waals surface area contributed by atoms with Gasteiger partial charge in [0, 0.05) is 36.9 Å². The van der Waals surface area contributed by atoms with Crippen LogP contribution in [0.1, 0.15) is 28.2 Å². The molecular formula is C23H21FN4O4S. The molecule has 1 unspecified atom stereocenters. The van der Waals surface area contributed by atoms with E-state index in [1.54, 1.807) is 31.2 Å². The number of rotatable bonds is 3. The van der Waals surface area contributed by atoms with E-state index < -0.39 is 12.0 Å². The fourth-order valence-electron chi connectivity index (χ4n) is 4.17. The van der Waals surface area contributed by atoms with Crippen LogP contribution in [0.15, 0.2) is 36.5 Å². The molecule has 0 bridgehead atoms. The number of amides is 2. The van der Waals surface area contributed by atoms with Crippen molar-refractivity contribution in [2.45, 2.75) is 26.0 Å². The Kier molecular flexibility index (Phi) is 5.26. The summed E-state index contributed by atoms with van der Waals surface area (Å²) in [5.41, 5.74) is 1.58. The van der Waals surface area contributed by atoms with E-state index in [0.29, 0.717) is 45.0 Å². The first-order valence-corrected chi connectivity index (χ1v) is 11.3. The predicted octanol–water partition coefficient (Wildman–Crippen LogP) is 4.23. The maximum atomic E-state index is 15.3. The normalized spacial score (nSPS) is 16.0. The van der Waals surface area contributed by atoms with E-state index in [1.165, 1.54) is 40.1 Å². The van der Waals surface area contributed by atoms with Crippen molar-refractivity contribution < 1.29 is 23.8 Å². The zero-order valence-electron chi connectivity index (χ0n) is 18.0. The van der Waals surface area contributed by atoms with Crippen molar-refractivity contribution >= 4 is 44.4 Å². The number of aromatic nitrogens is 2. The van der Waals surface area contributed by atoms with Gasteiger partial charge < -0.3 is 20.1 Å². The third-order valence-electron chi connectivity index (χ3n) is 5.77. The monoisotopic (exact) mass is 468 g/mol. The molecular weight excluding hydrogens is 447 g/mol. The van der Waals surface area contributed by atoms with Gasteiger partial charge in [-0.25, -0.2) is 9.18 Å². The maximum Gasteiger partial charge on any atom is 0.325 e. The number of hydrogen-bond acceptors (Lipinski definition) is 6. The molecule has 4 heterocycles. The SMILES string of the molecule is CNC(=O)n1c(C)cc2c(F)c(Oc3ccnc4cc(C(=O)N5CCCC5O)sc34)ccc21. The average Bonchev–Trinajstić information content (AvgIpc) is 3.51. The summed E-state index contributed by atoms with van der Waals surface area (Å²) in [4.78, 5) is 31.2. The summed E-state index contributed by atoms with van der Waals surface area (Å²) < 4.78 is 23.2. The molecule has 1 aliphatic rings. The first kappa shape index (κ1) is 21.4. The Morgan fingerprint density at radius 1 is 1.27 bits per heavy atom. The molecule has 1 aliphatic heterocycles. The summed E-state index contributed by atoms with van der Waals surface area (Å²) in [5, 5.41) is 12.8. The fraction of sp³-hybridized carbons (Fsp3) is 0.261. The number of aliphatic hydroxyl groups is 1. The summed E-state index contributed by atoms with van der Waals surface area (Å²) in [5.74, 6) is -0.476. The van der Waals surface area contributed by atoms with Crippen LogP contribution in [-0.2, 0) is 0 Å². The largest absolute Gasteiger partial charge is 0.453 e. The highest BCUT2D eigenvalue weighted by Crippen LogP contribution is 2.38. The molecule has 8 nitrogen and oxygen atoms in total. The first-order chi connectivity index (χ1) is 15.9. The highest BCUT2D eigenvalue weighted by atomic mass is 32.1. The number of likely N-dealkylation sites (tertiary alicyclic amines) is 1. The second kappa shape index (κ2) is 8.13. The van der Waals surface area contributed by atoms with Crippen molar-refractivity contribution in [2.24, 2.45) is 0 Å². The van der Waals surface area contributed by atoms with Crippen LogP contribution in [0.25, 0.3) is 21.1 Å². The molecule has 1 aromatic carbocycles. The van der Waals surface area contributed by atoms with Crippen LogP contribution < -0.4 is 10.1 Å². The van der Waals surface area contributed by atoms with Gasteiger partial charge >= 0.3 is 6.03 Å². The van der Waals surface area contributed by atoms with Crippen molar-refractivity contribution in [3.05, 3.63) is 52.9 Å². The van der Waals surface area contributed by atoms with E-state index >= 15 is 4.39 Å². The van der Waals surface area contributed by atoms with Gasteiger partial charge in [-0.3, -0.25) is 14.3 Å². The number of hydrogen-bond donors (Lipinski definition) is 2. The number of pyridine rings is 1. The van der Waals surface area contributed by atoms with Gasteiger partial charge in [0.25, 0.3) is 5.91 Å². The van der Waals surface area contributed by atoms with Gasteiger partial charge in [0.15, 0.2) is 11.6 Å². The molecule has 0 spiro atoms. The first-order valence-electron chi connectivity index (χ1n) is 10.5. The maximum absolute atomic E-state index is 15.3. The Bertz CT molecular complexity index is 1410. The molecule has 0 aliphatic carbocycles. The van der Waals surface area contributed by atoms with E-state index in [-0.39, 0.29) is 23.1 Å². The summed E-state index contributed by atoms with van der Waals surface area (Å²) in [6, 6.07) is 7.62. The van der Waals surface area contributed by atoms with Crippen molar-refractivity contribution in [3.63, 3.8) is 0 Å². The number of carbonyl (C=O) groups excluding carboxylic acids is 2.